The van der Waals surface area contributed by atoms with Crippen LogP contribution in [0.15, 0.2) is 79.1 Å². The SMILES string of the molecule is CCCc1cc(-c2ccccc2)cc(-c2ccccc2)[n+]1-c1ncn[nH]1. The summed E-state index contributed by atoms with van der Waals surface area (Å²) >= 11 is 0. The Kier molecular flexibility index (Phi) is 4.56. The normalized spacial score (nSPS) is 10.8. The summed E-state index contributed by atoms with van der Waals surface area (Å²) in [7, 11) is 0. The molecule has 0 bridgehead atoms. The summed E-state index contributed by atoms with van der Waals surface area (Å²) in [4.78, 5) is 4.41. The van der Waals surface area contributed by atoms with Crippen LogP contribution in [0.3, 0.4) is 0 Å². The maximum atomic E-state index is 4.41. The highest BCUT2D eigenvalue weighted by Gasteiger charge is 2.21. The van der Waals surface area contributed by atoms with E-state index in [0.29, 0.717) is 0 Å². The molecule has 4 heteroatoms. The predicted octanol–water partition coefficient (Wildman–Crippen LogP) is 4.37. The van der Waals surface area contributed by atoms with E-state index < -0.39 is 0 Å². The summed E-state index contributed by atoms with van der Waals surface area (Å²) in [5.74, 6) is 0.743. The highest BCUT2D eigenvalue weighted by Crippen LogP contribution is 2.26. The number of nitrogens with one attached hydrogen (secondary N) is 1. The van der Waals surface area contributed by atoms with Crippen LogP contribution in [0.2, 0.25) is 0 Å². The number of rotatable bonds is 5. The van der Waals surface area contributed by atoms with E-state index in [1.165, 1.54) is 16.8 Å². The molecule has 4 nitrogen and oxygen atoms in total. The van der Waals surface area contributed by atoms with E-state index in [4.69, 9.17) is 0 Å². The first-order valence-electron chi connectivity index (χ1n) is 8.92. The lowest BCUT2D eigenvalue weighted by Gasteiger charge is -2.14. The van der Waals surface area contributed by atoms with Gasteiger partial charge in [0.05, 0.1) is 5.69 Å². The molecule has 4 rings (SSSR count). The van der Waals surface area contributed by atoms with Crippen LogP contribution >= 0.6 is 0 Å². The molecule has 2 aromatic carbocycles. The predicted molar refractivity (Wildman–Crippen MR) is 103 cm³/mol. The Morgan fingerprint density at radius 2 is 1.54 bits per heavy atom. The van der Waals surface area contributed by atoms with Gasteiger partial charge >= 0.3 is 5.95 Å². The number of benzene rings is 2. The minimum Gasteiger partial charge on any atom is -0.197 e. The average molecular weight is 341 g/mol. The average Bonchev–Trinajstić information content (AvgIpc) is 3.23. The fraction of sp³-hybridized carbons (Fsp3) is 0.136. The van der Waals surface area contributed by atoms with Gasteiger partial charge in [0.1, 0.15) is 5.69 Å². The smallest absolute Gasteiger partial charge is 0.197 e. The number of nitrogens with zero attached hydrogens (tertiary/aromatic N) is 3. The molecule has 0 atom stereocenters. The van der Waals surface area contributed by atoms with Crippen molar-refractivity contribution in [3.05, 3.63) is 84.8 Å². The Bertz CT molecular complexity index is 978. The van der Waals surface area contributed by atoms with Crippen molar-refractivity contribution >= 4 is 0 Å². The molecule has 0 saturated heterocycles. The second-order valence-corrected chi connectivity index (χ2v) is 6.25. The number of hydrogen-bond donors (Lipinski definition) is 1. The van der Waals surface area contributed by atoms with Gasteiger partial charge in [-0.3, -0.25) is 0 Å². The van der Waals surface area contributed by atoms with Crippen molar-refractivity contribution in [1.82, 2.24) is 15.2 Å². The second-order valence-electron chi connectivity index (χ2n) is 6.25. The molecule has 128 valence electrons. The van der Waals surface area contributed by atoms with Crippen LogP contribution in [-0.2, 0) is 6.42 Å². The number of aryl methyl sites for hydroxylation is 1. The van der Waals surface area contributed by atoms with Crippen LogP contribution in [-0.4, -0.2) is 15.2 Å². The molecule has 26 heavy (non-hydrogen) atoms. The minimum absolute atomic E-state index is 0.743. The van der Waals surface area contributed by atoms with Gasteiger partial charge in [-0.15, -0.1) is 0 Å². The molecule has 0 unspecified atom stereocenters. The largest absolute Gasteiger partial charge is 0.422 e. The fourth-order valence-electron chi connectivity index (χ4n) is 3.27. The summed E-state index contributed by atoms with van der Waals surface area (Å²) < 4.78 is 2.18. The van der Waals surface area contributed by atoms with Gasteiger partial charge in [0.25, 0.3) is 0 Å². The Morgan fingerprint density at radius 1 is 0.846 bits per heavy atom. The number of H-pyrrole nitrogens is 1. The van der Waals surface area contributed by atoms with Crippen molar-refractivity contribution in [3.8, 4) is 28.3 Å². The Hall–Kier alpha value is -3.27. The zero-order valence-electron chi connectivity index (χ0n) is 14.8. The van der Waals surface area contributed by atoms with Gasteiger partial charge in [-0.2, -0.15) is 9.67 Å². The molecule has 1 N–H and O–H groups in total. The third kappa shape index (κ3) is 3.14. The number of aromatic amines is 1. The number of aromatic nitrogens is 4. The number of hydrogen-bond acceptors (Lipinski definition) is 2. The van der Waals surface area contributed by atoms with Crippen molar-refractivity contribution in [2.75, 3.05) is 0 Å². The van der Waals surface area contributed by atoms with E-state index in [1.54, 1.807) is 6.33 Å². The standard InChI is InChI=1S/C22H21N4/c1-2-9-20-14-19(17-10-5-3-6-11-17)15-21(18-12-7-4-8-13-18)26(20)22-23-16-24-25-22/h3-8,10-16H,2,9H2,1H3,(H,23,24,25)/q+1. The minimum atomic E-state index is 0.743. The van der Waals surface area contributed by atoms with Crippen LogP contribution in [0.4, 0.5) is 0 Å². The zero-order chi connectivity index (χ0) is 17.8. The van der Waals surface area contributed by atoms with Crippen molar-refractivity contribution < 1.29 is 4.57 Å². The van der Waals surface area contributed by atoms with Gasteiger partial charge in [0.2, 0.25) is 6.33 Å². The lowest BCUT2D eigenvalue weighted by atomic mass is 10.0. The first-order chi connectivity index (χ1) is 12.9. The van der Waals surface area contributed by atoms with E-state index in [9.17, 15) is 0 Å². The van der Waals surface area contributed by atoms with Gasteiger partial charge < -0.3 is 0 Å². The van der Waals surface area contributed by atoms with Crippen molar-refractivity contribution in [3.63, 3.8) is 0 Å². The molecule has 0 aliphatic rings. The molecular formula is C22H21N4+. The van der Waals surface area contributed by atoms with E-state index in [0.717, 1.165) is 30.0 Å². The van der Waals surface area contributed by atoms with Gasteiger partial charge in [-0.05, 0) is 29.7 Å². The van der Waals surface area contributed by atoms with Gasteiger partial charge in [-0.25, -0.2) is 0 Å². The lowest BCUT2D eigenvalue weighted by molar-refractivity contribution is -0.600. The monoisotopic (exact) mass is 341 g/mol. The summed E-state index contributed by atoms with van der Waals surface area (Å²) in [6.07, 6.45) is 3.57. The van der Waals surface area contributed by atoms with Crippen LogP contribution in [0.1, 0.15) is 19.0 Å². The summed E-state index contributed by atoms with van der Waals surface area (Å²) in [6.45, 7) is 2.20. The summed E-state index contributed by atoms with van der Waals surface area (Å²) in [5, 5.41) is 7.08. The highest BCUT2D eigenvalue weighted by molar-refractivity contribution is 5.69. The Morgan fingerprint density at radius 3 is 2.15 bits per heavy atom. The third-order valence-electron chi connectivity index (χ3n) is 4.44. The first-order valence-corrected chi connectivity index (χ1v) is 8.92. The molecule has 2 aromatic heterocycles. The number of pyridine rings is 1. The molecule has 4 aromatic rings. The molecule has 0 fully saturated rings. The lowest BCUT2D eigenvalue weighted by Crippen LogP contribution is -2.40. The van der Waals surface area contributed by atoms with Crippen LogP contribution < -0.4 is 4.57 Å². The Balaban J connectivity index is 2.00. The molecule has 0 spiro atoms. The molecule has 0 saturated carbocycles. The topological polar surface area (TPSA) is 45.5 Å². The van der Waals surface area contributed by atoms with Crippen molar-refractivity contribution in [2.45, 2.75) is 19.8 Å². The third-order valence-corrected chi connectivity index (χ3v) is 4.44. The van der Waals surface area contributed by atoms with Gasteiger partial charge in [0, 0.05) is 12.0 Å². The van der Waals surface area contributed by atoms with Gasteiger partial charge in [0.15, 0.2) is 0 Å². The van der Waals surface area contributed by atoms with E-state index in [2.05, 4.69) is 87.3 Å². The van der Waals surface area contributed by atoms with Crippen LogP contribution in [0.5, 0.6) is 0 Å². The van der Waals surface area contributed by atoms with Crippen LogP contribution in [0, 0.1) is 0 Å². The summed E-state index contributed by atoms with van der Waals surface area (Å²) in [6, 6.07) is 25.4. The molecule has 0 aliphatic heterocycles. The zero-order valence-corrected chi connectivity index (χ0v) is 14.8. The molecular weight excluding hydrogens is 320 g/mol. The van der Waals surface area contributed by atoms with E-state index in [1.807, 2.05) is 12.1 Å². The molecule has 2 heterocycles. The molecule has 0 amide bonds. The van der Waals surface area contributed by atoms with E-state index in [-0.39, 0.29) is 0 Å². The molecule has 0 radical (unpaired) electrons. The first kappa shape index (κ1) is 16.2. The van der Waals surface area contributed by atoms with Crippen molar-refractivity contribution in [1.29, 1.82) is 0 Å². The summed E-state index contributed by atoms with van der Waals surface area (Å²) in [5.41, 5.74) is 5.89. The Labute approximate surface area is 153 Å². The maximum Gasteiger partial charge on any atom is 0.422 e. The fourth-order valence-corrected chi connectivity index (χ4v) is 3.27. The maximum absolute atomic E-state index is 4.41. The van der Waals surface area contributed by atoms with Gasteiger partial charge in [-0.1, -0.05) is 77.7 Å². The van der Waals surface area contributed by atoms with E-state index >= 15 is 0 Å². The quantitative estimate of drug-likeness (QED) is 0.548. The van der Waals surface area contributed by atoms with Crippen LogP contribution in [0.25, 0.3) is 28.3 Å². The highest BCUT2D eigenvalue weighted by atomic mass is 15.3. The second kappa shape index (κ2) is 7.31. The van der Waals surface area contributed by atoms with Crippen molar-refractivity contribution in [2.24, 2.45) is 0 Å². The molecule has 0 aliphatic carbocycles.